The van der Waals surface area contributed by atoms with E-state index < -0.39 is 0 Å². The summed E-state index contributed by atoms with van der Waals surface area (Å²) in [6.07, 6.45) is 3.72. The second-order valence-electron chi connectivity index (χ2n) is 5.51. The van der Waals surface area contributed by atoms with Gasteiger partial charge in [0, 0.05) is 18.5 Å². The third-order valence-corrected chi connectivity index (χ3v) is 3.15. The Bertz CT molecular complexity index is 147. The predicted octanol–water partition coefficient (Wildman–Crippen LogP) is 4.15. The maximum atomic E-state index is 5.86. The molecule has 0 unspecified atom stereocenters. The van der Waals surface area contributed by atoms with E-state index in [1.165, 1.54) is 25.8 Å². The number of hydrogen-bond acceptors (Lipinski definition) is 1. The third kappa shape index (κ3) is 7.19. The second kappa shape index (κ2) is 7.51. The zero-order valence-corrected chi connectivity index (χ0v) is 11.9. The molecule has 0 aromatic carbocycles. The van der Waals surface area contributed by atoms with E-state index in [9.17, 15) is 0 Å². The summed E-state index contributed by atoms with van der Waals surface area (Å²) < 4.78 is 0. The van der Waals surface area contributed by atoms with Crippen LogP contribution in [0.15, 0.2) is 0 Å². The lowest BCUT2D eigenvalue weighted by atomic mass is 9.91. The van der Waals surface area contributed by atoms with Gasteiger partial charge in [0.25, 0.3) is 0 Å². The quantitative estimate of drug-likeness (QED) is 0.597. The number of hydrogen-bond donors (Lipinski definition) is 0. The molecule has 0 spiro atoms. The molecule has 0 amide bonds. The number of alkyl halides is 1. The Morgan fingerprint density at radius 3 is 1.93 bits per heavy atom. The van der Waals surface area contributed by atoms with Crippen LogP contribution in [0.2, 0.25) is 0 Å². The van der Waals surface area contributed by atoms with Gasteiger partial charge >= 0.3 is 0 Å². The highest BCUT2D eigenvalue weighted by atomic mass is 35.5. The monoisotopic (exact) mass is 233 g/mol. The second-order valence-corrected chi connectivity index (χ2v) is 5.88. The Balaban J connectivity index is 4.13. The summed E-state index contributed by atoms with van der Waals surface area (Å²) in [5, 5.41) is 0. The number of halogens is 1. The standard InChI is InChI=1S/C13H28ClN/c1-6-12(7-2)15(11-9-14)10-8-13(3,4)5/h12H,6-11H2,1-5H3. The van der Waals surface area contributed by atoms with Crippen LogP contribution >= 0.6 is 11.6 Å². The van der Waals surface area contributed by atoms with Gasteiger partial charge in [-0.2, -0.15) is 0 Å². The molecular weight excluding hydrogens is 206 g/mol. The molecule has 0 aliphatic heterocycles. The molecule has 0 aliphatic carbocycles. The summed E-state index contributed by atoms with van der Waals surface area (Å²) >= 11 is 5.86. The highest BCUT2D eigenvalue weighted by Gasteiger charge is 2.17. The largest absolute Gasteiger partial charge is 0.299 e. The molecule has 0 aliphatic rings. The Kier molecular flexibility index (Phi) is 7.64. The molecule has 0 heterocycles. The number of rotatable bonds is 7. The third-order valence-electron chi connectivity index (χ3n) is 2.98. The van der Waals surface area contributed by atoms with Crippen molar-refractivity contribution in [3.05, 3.63) is 0 Å². The van der Waals surface area contributed by atoms with Crippen LogP contribution in [-0.4, -0.2) is 29.9 Å². The van der Waals surface area contributed by atoms with E-state index >= 15 is 0 Å². The first-order valence-corrected chi connectivity index (χ1v) is 6.78. The van der Waals surface area contributed by atoms with Gasteiger partial charge in [-0.1, -0.05) is 34.6 Å². The summed E-state index contributed by atoms with van der Waals surface area (Å²) in [5.74, 6) is 0.751. The average Bonchev–Trinajstić information content (AvgIpc) is 2.14. The lowest BCUT2D eigenvalue weighted by Gasteiger charge is -2.32. The van der Waals surface area contributed by atoms with E-state index in [1.54, 1.807) is 0 Å². The van der Waals surface area contributed by atoms with Gasteiger partial charge in [-0.15, -0.1) is 11.6 Å². The van der Waals surface area contributed by atoms with Crippen LogP contribution in [-0.2, 0) is 0 Å². The highest BCUT2D eigenvalue weighted by molar-refractivity contribution is 6.18. The summed E-state index contributed by atoms with van der Waals surface area (Å²) in [4.78, 5) is 2.55. The molecule has 0 atom stereocenters. The smallest absolute Gasteiger partial charge is 0.0351 e. The summed E-state index contributed by atoms with van der Waals surface area (Å²) in [6.45, 7) is 13.7. The van der Waals surface area contributed by atoms with Crippen LogP contribution in [0.5, 0.6) is 0 Å². The minimum absolute atomic E-state index is 0.427. The van der Waals surface area contributed by atoms with Crippen molar-refractivity contribution in [3.8, 4) is 0 Å². The molecule has 0 radical (unpaired) electrons. The van der Waals surface area contributed by atoms with Crippen molar-refractivity contribution in [1.82, 2.24) is 4.90 Å². The van der Waals surface area contributed by atoms with E-state index in [-0.39, 0.29) is 0 Å². The van der Waals surface area contributed by atoms with E-state index in [0.29, 0.717) is 11.5 Å². The van der Waals surface area contributed by atoms with Crippen LogP contribution in [0.3, 0.4) is 0 Å². The van der Waals surface area contributed by atoms with E-state index in [4.69, 9.17) is 11.6 Å². The van der Waals surface area contributed by atoms with Gasteiger partial charge in [0.2, 0.25) is 0 Å². The highest BCUT2D eigenvalue weighted by Crippen LogP contribution is 2.20. The average molecular weight is 234 g/mol. The number of nitrogens with zero attached hydrogens (tertiary/aromatic N) is 1. The van der Waals surface area contributed by atoms with Crippen molar-refractivity contribution in [2.24, 2.45) is 5.41 Å². The zero-order valence-electron chi connectivity index (χ0n) is 11.1. The van der Waals surface area contributed by atoms with Crippen molar-refractivity contribution >= 4 is 11.6 Å². The fraction of sp³-hybridized carbons (Fsp3) is 1.00. The van der Waals surface area contributed by atoms with Crippen LogP contribution in [0, 0.1) is 5.41 Å². The molecule has 0 fully saturated rings. The van der Waals surface area contributed by atoms with Crippen molar-refractivity contribution < 1.29 is 0 Å². The fourth-order valence-corrected chi connectivity index (χ4v) is 2.09. The maximum Gasteiger partial charge on any atom is 0.0351 e. The SMILES string of the molecule is CCC(CC)N(CCCl)CCC(C)(C)C. The molecule has 15 heavy (non-hydrogen) atoms. The Labute approximate surface area is 101 Å². The van der Waals surface area contributed by atoms with Crippen molar-refractivity contribution in [1.29, 1.82) is 0 Å². The van der Waals surface area contributed by atoms with Gasteiger partial charge in [-0.3, -0.25) is 4.90 Å². The van der Waals surface area contributed by atoms with Gasteiger partial charge in [0.15, 0.2) is 0 Å². The molecule has 1 nitrogen and oxygen atoms in total. The molecule has 0 aromatic rings. The maximum absolute atomic E-state index is 5.86. The van der Waals surface area contributed by atoms with Gasteiger partial charge in [-0.25, -0.2) is 0 Å². The van der Waals surface area contributed by atoms with Crippen molar-refractivity contribution in [2.45, 2.75) is 59.9 Å². The molecule has 0 rings (SSSR count). The van der Waals surface area contributed by atoms with Crippen LogP contribution in [0.4, 0.5) is 0 Å². The van der Waals surface area contributed by atoms with E-state index in [2.05, 4.69) is 39.5 Å². The van der Waals surface area contributed by atoms with Crippen LogP contribution in [0.25, 0.3) is 0 Å². The van der Waals surface area contributed by atoms with E-state index in [0.717, 1.165) is 12.4 Å². The van der Waals surface area contributed by atoms with Crippen LogP contribution < -0.4 is 0 Å². The molecule has 2 heteroatoms. The topological polar surface area (TPSA) is 3.24 Å². The molecule has 0 saturated heterocycles. The minimum Gasteiger partial charge on any atom is -0.299 e. The summed E-state index contributed by atoms with van der Waals surface area (Å²) in [7, 11) is 0. The molecule has 92 valence electrons. The molecule has 0 bridgehead atoms. The zero-order chi connectivity index (χ0) is 11.9. The molecule has 0 aromatic heterocycles. The Hall–Kier alpha value is 0.250. The fourth-order valence-electron chi connectivity index (χ4n) is 1.87. The summed E-state index contributed by atoms with van der Waals surface area (Å²) in [5.41, 5.74) is 0.427. The van der Waals surface area contributed by atoms with Crippen molar-refractivity contribution in [2.75, 3.05) is 19.0 Å². The lowest BCUT2D eigenvalue weighted by Crippen LogP contribution is -2.38. The van der Waals surface area contributed by atoms with E-state index in [1.807, 2.05) is 0 Å². The first-order valence-electron chi connectivity index (χ1n) is 6.24. The van der Waals surface area contributed by atoms with Crippen LogP contribution in [0.1, 0.15) is 53.9 Å². The lowest BCUT2D eigenvalue weighted by molar-refractivity contribution is 0.170. The minimum atomic E-state index is 0.427. The molecule has 0 saturated carbocycles. The molecular formula is C13H28ClN. The predicted molar refractivity (Wildman–Crippen MR) is 70.7 cm³/mol. The van der Waals surface area contributed by atoms with Gasteiger partial charge in [-0.05, 0) is 31.2 Å². The first kappa shape index (κ1) is 15.2. The van der Waals surface area contributed by atoms with Gasteiger partial charge in [0.05, 0.1) is 0 Å². The van der Waals surface area contributed by atoms with Gasteiger partial charge < -0.3 is 0 Å². The normalized spacial score (nSPS) is 12.8. The van der Waals surface area contributed by atoms with Crippen molar-refractivity contribution in [3.63, 3.8) is 0 Å². The van der Waals surface area contributed by atoms with Gasteiger partial charge in [0.1, 0.15) is 0 Å². The molecule has 0 N–H and O–H groups in total. The summed E-state index contributed by atoms with van der Waals surface area (Å²) in [6, 6.07) is 0.714. The Morgan fingerprint density at radius 2 is 1.60 bits per heavy atom. The Morgan fingerprint density at radius 1 is 1.07 bits per heavy atom. The first-order chi connectivity index (χ1) is 6.94.